The fraction of sp³-hybridized carbons (Fsp3) is 0.750. The van der Waals surface area contributed by atoms with Crippen molar-refractivity contribution in [2.24, 2.45) is 0 Å². The lowest BCUT2D eigenvalue weighted by atomic mass is 10.5. The molecule has 0 aliphatic heterocycles. The molecule has 0 unspecified atom stereocenters. The fourth-order valence-electron chi connectivity index (χ4n) is 1.36. The van der Waals surface area contributed by atoms with Crippen molar-refractivity contribution in [2.75, 3.05) is 42.3 Å². The van der Waals surface area contributed by atoms with Crippen molar-refractivity contribution in [3.05, 3.63) is 0 Å². The molecule has 1 aromatic rings. The first-order chi connectivity index (χ1) is 9.30. The molecule has 0 fully saturated rings. The predicted octanol–water partition coefficient (Wildman–Crippen LogP) is 2.26. The molecule has 0 bridgehead atoms. The maximum atomic E-state index is 5.35. The monoisotopic (exact) mass is 285 g/mol. The summed E-state index contributed by atoms with van der Waals surface area (Å²) in [7, 11) is 0. The van der Waals surface area contributed by atoms with Gasteiger partial charge in [-0.05, 0) is 31.8 Å². The second-order valence-electron chi connectivity index (χ2n) is 3.90. The van der Waals surface area contributed by atoms with Gasteiger partial charge in [0.25, 0.3) is 0 Å². The van der Waals surface area contributed by atoms with Gasteiger partial charge in [0.05, 0.1) is 6.61 Å². The summed E-state index contributed by atoms with van der Waals surface area (Å²) in [5.41, 5.74) is 0. The van der Waals surface area contributed by atoms with Crippen LogP contribution < -0.4 is 15.4 Å². The van der Waals surface area contributed by atoms with Gasteiger partial charge in [0.1, 0.15) is 0 Å². The standard InChI is InChI=1S/C12H23N5OS/c1-4-7-13-10-15-11(14-8-6-9-19-3)17-12(16-10)18-5-2/h4-9H2,1-3H3,(H2,13,14,15,16,17). The average molecular weight is 285 g/mol. The summed E-state index contributed by atoms with van der Waals surface area (Å²) in [6.07, 6.45) is 4.20. The first kappa shape index (κ1) is 15.8. The smallest absolute Gasteiger partial charge is 0.323 e. The van der Waals surface area contributed by atoms with Gasteiger partial charge in [0.2, 0.25) is 11.9 Å². The molecule has 0 spiro atoms. The Kier molecular flexibility index (Phi) is 8.04. The molecule has 108 valence electrons. The summed E-state index contributed by atoms with van der Waals surface area (Å²) >= 11 is 1.83. The summed E-state index contributed by atoms with van der Waals surface area (Å²) in [6.45, 7) is 6.24. The highest BCUT2D eigenvalue weighted by atomic mass is 32.2. The highest BCUT2D eigenvalue weighted by Crippen LogP contribution is 2.11. The topological polar surface area (TPSA) is 72.0 Å². The third-order valence-electron chi connectivity index (χ3n) is 2.23. The zero-order valence-corrected chi connectivity index (χ0v) is 12.7. The first-order valence-electron chi connectivity index (χ1n) is 6.65. The van der Waals surface area contributed by atoms with Gasteiger partial charge in [0, 0.05) is 13.1 Å². The van der Waals surface area contributed by atoms with Gasteiger partial charge in [-0.1, -0.05) is 6.92 Å². The molecule has 19 heavy (non-hydrogen) atoms. The van der Waals surface area contributed by atoms with E-state index in [2.05, 4.69) is 38.8 Å². The van der Waals surface area contributed by atoms with E-state index in [1.165, 1.54) is 0 Å². The highest BCUT2D eigenvalue weighted by Gasteiger charge is 2.06. The van der Waals surface area contributed by atoms with E-state index >= 15 is 0 Å². The highest BCUT2D eigenvalue weighted by molar-refractivity contribution is 7.98. The largest absolute Gasteiger partial charge is 0.464 e. The van der Waals surface area contributed by atoms with Crippen LogP contribution in [0.25, 0.3) is 0 Å². The molecule has 0 saturated heterocycles. The molecule has 7 heteroatoms. The second kappa shape index (κ2) is 9.66. The fourth-order valence-corrected chi connectivity index (χ4v) is 1.79. The molecule has 2 N–H and O–H groups in total. The van der Waals surface area contributed by atoms with E-state index in [1.54, 1.807) is 0 Å². The minimum absolute atomic E-state index is 0.364. The van der Waals surface area contributed by atoms with Crippen LogP contribution in [0.1, 0.15) is 26.7 Å². The molecule has 1 rings (SSSR count). The van der Waals surface area contributed by atoms with Crippen molar-refractivity contribution in [1.29, 1.82) is 0 Å². The van der Waals surface area contributed by atoms with Gasteiger partial charge < -0.3 is 15.4 Å². The van der Waals surface area contributed by atoms with Crippen LogP contribution in [-0.2, 0) is 0 Å². The number of rotatable bonds is 10. The lowest BCUT2D eigenvalue weighted by Crippen LogP contribution is -2.12. The van der Waals surface area contributed by atoms with Crippen molar-refractivity contribution < 1.29 is 4.74 Å². The molecule has 0 saturated carbocycles. The molecule has 0 aromatic carbocycles. The molecule has 0 aliphatic rings. The Morgan fingerprint density at radius 1 is 1.05 bits per heavy atom. The van der Waals surface area contributed by atoms with Gasteiger partial charge in [-0.15, -0.1) is 0 Å². The summed E-state index contributed by atoms with van der Waals surface area (Å²) in [6, 6.07) is 0.364. The van der Waals surface area contributed by atoms with Crippen LogP contribution in [0.4, 0.5) is 11.9 Å². The molecule has 0 amide bonds. The zero-order chi connectivity index (χ0) is 13.9. The van der Waals surface area contributed by atoms with Gasteiger partial charge in [-0.25, -0.2) is 0 Å². The van der Waals surface area contributed by atoms with E-state index in [1.807, 2.05) is 18.7 Å². The quantitative estimate of drug-likeness (QED) is 0.639. The third kappa shape index (κ3) is 6.47. The van der Waals surface area contributed by atoms with Gasteiger partial charge in [-0.3, -0.25) is 0 Å². The van der Waals surface area contributed by atoms with Crippen LogP contribution in [0.5, 0.6) is 6.01 Å². The Morgan fingerprint density at radius 2 is 1.74 bits per heavy atom. The van der Waals surface area contributed by atoms with Crippen LogP contribution >= 0.6 is 11.8 Å². The van der Waals surface area contributed by atoms with Gasteiger partial charge >= 0.3 is 6.01 Å². The maximum Gasteiger partial charge on any atom is 0.323 e. The number of nitrogens with zero attached hydrogens (tertiary/aromatic N) is 3. The lowest BCUT2D eigenvalue weighted by molar-refractivity contribution is 0.312. The van der Waals surface area contributed by atoms with Gasteiger partial charge in [-0.2, -0.15) is 26.7 Å². The first-order valence-corrected chi connectivity index (χ1v) is 8.05. The minimum atomic E-state index is 0.364. The SMILES string of the molecule is CCCNc1nc(NCCCSC)nc(OCC)n1. The second-order valence-corrected chi connectivity index (χ2v) is 4.88. The minimum Gasteiger partial charge on any atom is -0.464 e. The number of hydrogen-bond acceptors (Lipinski definition) is 7. The van der Waals surface area contributed by atoms with E-state index < -0.39 is 0 Å². The Hall–Kier alpha value is -1.24. The summed E-state index contributed by atoms with van der Waals surface area (Å²) < 4.78 is 5.35. The van der Waals surface area contributed by atoms with E-state index in [0.29, 0.717) is 24.5 Å². The average Bonchev–Trinajstić information content (AvgIpc) is 2.42. The Morgan fingerprint density at radius 3 is 2.32 bits per heavy atom. The number of aromatic nitrogens is 3. The zero-order valence-electron chi connectivity index (χ0n) is 11.9. The predicted molar refractivity (Wildman–Crippen MR) is 81.3 cm³/mol. The van der Waals surface area contributed by atoms with Crippen molar-refractivity contribution >= 4 is 23.7 Å². The Balaban J connectivity index is 2.63. The molecule has 0 atom stereocenters. The lowest BCUT2D eigenvalue weighted by Gasteiger charge is -2.09. The Labute approximate surface area is 119 Å². The molecule has 1 heterocycles. The van der Waals surface area contributed by atoms with Crippen LogP contribution in [0.15, 0.2) is 0 Å². The van der Waals surface area contributed by atoms with Crippen molar-refractivity contribution in [3.8, 4) is 6.01 Å². The van der Waals surface area contributed by atoms with E-state index in [-0.39, 0.29) is 0 Å². The van der Waals surface area contributed by atoms with Crippen LogP contribution in [0.3, 0.4) is 0 Å². The molecular formula is C12H23N5OS. The molecule has 0 radical (unpaired) electrons. The van der Waals surface area contributed by atoms with Crippen LogP contribution in [0.2, 0.25) is 0 Å². The molecule has 1 aromatic heterocycles. The van der Waals surface area contributed by atoms with Crippen molar-refractivity contribution in [2.45, 2.75) is 26.7 Å². The van der Waals surface area contributed by atoms with Crippen LogP contribution in [0, 0.1) is 0 Å². The molecule has 0 aliphatic carbocycles. The van der Waals surface area contributed by atoms with Crippen LogP contribution in [-0.4, -0.2) is 46.7 Å². The third-order valence-corrected chi connectivity index (χ3v) is 2.93. The van der Waals surface area contributed by atoms with E-state index in [0.717, 1.165) is 31.7 Å². The molecule has 6 nitrogen and oxygen atoms in total. The maximum absolute atomic E-state index is 5.35. The summed E-state index contributed by atoms with van der Waals surface area (Å²) in [5.74, 6) is 2.25. The van der Waals surface area contributed by atoms with Crippen molar-refractivity contribution in [1.82, 2.24) is 15.0 Å². The number of hydrogen-bond donors (Lipinski definition) is 2. The van der Waals surface area contributed by atoms with E-state index in [4.69, 9.17) is 4.74 Å². The normalized spacial score (nSPS) is 10.3. The number of thioether (sulfide) groups is 1. The molecular weight excluding hydrogens is 262 g/mol. The number of ether oxygens (including phenoxy) is 1. The number of anilines is 2. The Bertz CT molecular complexity index is 364. The summed E-state index contributed by atoms with van der Waals surface area (Å²) in [4.78, 5) is 12.8. The van der Waals surface area contributed by atoms with E-state index in [9.17, 15) is 0 Å². The number of nitrogens with one attached hydrogen (secondary N) is 2. The van der Waals surface area contributed by atoms with Crippen molar-refractivity contribution in [3.63, 3.8) is 0 Å². The summed E-state index contributed by atoms with van der Waals surface area (Å²) in [5, 5.41) is 6.35. The van der Waals surface area contributed by atoms with Gasteiger partial charge in [0.15, 0.2) is 0 Å².